The van der Waals surface area contributed by atoms with Gasteiger partial charge in [0, 0.05) is 44.5 Å². The highest BCUT2D eigenvalue weighted by Crippen LogP contribution is 2.32. The van der Waals surface area contributed by atoms with Crippen molar-refractivity contribution < 1.29 is 27.4 Å². The van der Waals surface area contributed by atoms with Gasteiger partial charge in [-0.2, -0.15) is 0 Å². The molecule has 2 aliphatic heterocycles. The smallest absolute Gasteiger partial charge is 0.450 e. The van der Waals surface area contributed by atoms with Crippen LogP contribution in [0, 0.1) is 0 Å². The van der Waals surface area contributed by atoms with Gasteiger partial charge >= 0.3 is 6.36 Å². The third kappa shape index (κ3) is 5.87. The number of alkyl halides is 3. The van der Waals surface area contributed by atoms with Crippen LogP contribution in [0.1, 0.15) is 5.56 Å². The van der Waals surface area contributed by atoms with Crippen LogP contribution in [0.5, 0.6) is 11.5 Å². The fourth-order valence-corrected chi connectivity index (χ4v) is 3.84. The van der Waals surface area contributed by atoms with Crippen molar-refractivity contribution in [2.45, 2.75) is 19.3 Å². The van der Waals surface area contributed by atoms with E-state index in [0.29, 0.717) is 31.4 Å². The Bertz CT molecular complexity index is 1060. The van der Waals surface area contributed by atoms with Crippen molar-refractivity contribution in [1.82, 2.24) is 14.7 Å². The van der Waals surface area contributed by atoms with Gasteiger partial charge < -0.3 is 28.9 Å². The van der Waals surface area contributed by atoms with Crippen LogP contribution < -0.4 is 9.47 Å². The van der Waals surface area contributed by atoms with Crippen molar-refractivity contribution in [2.24, 2.45) is 4.99 Å². The number of halogens is 4. The van der Waals surface area contributed by atoms with Crippen molar-refractivity contribution in [3.8, 4) is 11.5 Å². The monoisotopic (exact) mass is 496 g/mol. The predicted molar refractivity (Wildman–Crippen MR) is 121 cm³/mol. The van der Waals surface area contributed by atoms with Crippen LogP contribution in [0.4, 0.5) is 13.2 Å². The Morgan fingerprint density at radius 2 is 1.85 bits per heavy atom. The molecule has 0 radical (unpaired) electrons. The number of hydrogen-bond donors (Lipinski definition) is 0. The summed E-state index contributed by atoms with van der Waals surface area (Å²) in [6.45, 7) is 2.31. The Kier molecular flexibility index (Phi) is 7.08. The second kappa shape index (κ2) is 10.0. The summed E-state index contributed by atoms with van der Waals surface area (Å²) in [7, 11) is 3.57. The highest BCUT2D eigenvalue weighted by molar-refractivity contribution is 6.30. The highest BCUT2D eigenvalue weighted by Gasteiger charge is 2.37. The number of aliphatic imine (C=N–C) groups is 1. The van der Waals surface area contributed by atoms with E-state index in [9.17, 15) is 13.2 Å². The van der Waals surface area contributed by atoms with Crippen LogP contribution in [0.25, 0.3) is 0 Å². The van der Waals surface area contributed by atoms with Crippen LogP contribution in [0.15, 0.2) is 65.4 Å². The minimum absolute atomic E-state index is 0.204. The summed E-state index contributed by atoms with van der Waals surface area (Å²) < 4.78 is 53.2. The first-order valence-corrected chi connectivity index (χ1v) is 10.9. The molecule has 182 valence electrons. The Morgan fingerprint density at radius 1 is 1.12 bits per heavy atom. The first kappa shape index (κ1) is 24.0. The van der Waals surface area contributed by atoms with E-state index in [1.165, 1.54) is 18.2 Å². The van der Waals surface area contributed by atoms with E-state index in [2.05, 4.69) is 9.64 Å². The minimum Gasteiger partial charge on any atom is -0.450 e. The van der Waals surface area contributed by atoms with E-state index < -0.39 is 12.7 Å². The molecule has 7 nitrogen and oxygen atoms in total. The number of nitrogens with zero attached hydrogens (tertiary/aromatic N) is 4. The fraction of sp³-hybridized carbons (Fsp3) is 0.348. The summed E-state index contributed by atoms with van der Waals surface area (Å²) >= 11 is 6.03. The largest absolute Gasteiger partial charge is 0.573 e. The molecule has 11 heteroatoms. The van der Waals surface area contributed by atoms with Crippen molar-refractivity contribution >= 4 is 17.4 Å². The maximum absolute atomic E-state index is 12.7. The Balaban J connectivity index is 1.62. The number of likely N-dealkylation sites (N-methyl/N-ethyl adjacent to an activating group) is 1. The van der Waals surface area contributed by atoms with Gasteiger partial charge in [0.1, 0.15) is 17.2 Å². The molecule has 0 saturated heterocycles. The normalized spacial score (nSPS) is 17.9. The maximum Gasteiger partial charge on any atom is 0.573 e. The zero-order chi connectivity index (χ0) is 24.3. The zero-order valence-electron chi connectivity index (χ0n) is 18.6. The van der Waals surface area contributed by atoms with Gasteiger partial charge in [0.25, 0.3) is 6.35 Å². The molecule has 0 aliphatic carbocycles. The number of rotatable bonds is 8. The lowest BCUT2D eigenvalue weighted by molar-refractivity contribution is -0.274. The van der Waals surface area contributed by atoms with E-state index in [1.54, 1.807) is 25.3 Å². The summed E-state index contributed by atoms with van der Waals surface area (Å²) in [5.41, 5.74) is 1.81. The van der Waals surface area contributed by atoms with Gasteiger partial charge in [-0.3, -0.25) is 0 Å². The highest BCUT2D eigenvalue weighted by atomic mass is 35.5. The first-order valence-electron chi connectivity index (χ1n) is 10.5. The molecule has 1 atom stereocenters. The van der Waals surface area contributed by atoms with E-state index in [0.717, 1.165) is 17.1 Å². The van der Waals surface area contributed by atoms with Crippen LogP contribution in [-0.4, -0.2) is 67.2 Å². The molecule has 0 N–H and O–H groups in total. The van der Waals surface area contributed by atoms with E-state index in [1.807, 2.05) is 35.2 Å². The van der Waals surface area contributed by atoms with Crippen LogP contribution in [0.3, 0.4) is 0 Å². The number of ether oxygens (including phenoxy) is 3. The molecule has 2 aromatic carbocycles. The molecule has 2 aliphatic rings. The van der Waals surface area contributed by atoms with Gasteiger partial charge in [0.15, 0.2) is 5.84 Å². The summed E-state index contributed by atoms with van der Waals surface area (Å²) in [4.78, 5) is 10.8. The molecule has 0 spiro atoms. The maximum atomic E-state index is 12.7. The second-order valence-electron chi connectivity index (χ2n) is 7.83. The molecule has 0 amide bonds. The number of methoxy groups -OCH3 is 1. The van der Waals surface area contributed by atoms with Crippen molar-refractivity contribution in [2.75, 3.05) is 34.0 Å². The van der Waals surface area contributed by atoms with E-state index >= 15 is 0 Å². The Hall–Kier alpha value is -3.11. The van der Waals surface area contributed by atoms with Crippen molar-refractivity contribution in [3.63, 3.8) is 0 Å². The third-order valence-corrected chi connectivity index (χ3v) is 5.48. The quantitative estimate of drug-likeness (QED) is 0.536. The molecule has 0 saturated carbocycles. The first-order chi connectivity index (χ1) is 16.2. The number of amidine groups is 1. The van der Waals surface area contributed by atoms with Gasteiger partial charge in [-0.25, -0.2) is 4.99 Å². The standard InChI is InChI=1S/C23H24ClF3N4O3/c1-29-15-30(10-11-32-2)14-20-21(29)28-22(31(20)13-16-6-8-17(24)9-7-16)33-18-4-3-5-19(12-18)34-23(25,26)27/h3-9,12,14,22H,10-11,13,15H2,1-2H3. The van der Waals surface area contributed by atoms with Crippen LogP contribution in [-0.2, 0) is 11.3 Å². The topological polar surface area (TPSA) is 49.8 Å². The third-order valence-electron chi connectivity index (χ3n) is 5.23. The summed E-state index contributed by atoms with van der Waals surface area (Å²) in [6, 6.07) is 12.8. The van der Waals surface area contributed by atoms with Gasteiger partial charge in [0.2, 0.25) is 0 Å². The van der Waals surface area contributed by atoms with Crippen LogP contribution >= 0.6 is 11.6 Å². The Labute approximate surface area is 200 Å². The molecule has 0 aromatic heterocycles. The molecule has 1 unspecified atom stereocenters. The zero-order valence-corrected chi connectivity index (χ0v) is 19.4. The van der Waals surface area contributed by atoms with Crippen molar-refractivity contribution in [3.05, 3.63) is 71.0 Å². The Morgan fingerprint density at radius 3 is 2.56 bits per heavy atom. The molecule has 2 aromatic rings. The molecular weight excluding hydrogens is 473 g/mol. The number of fused-ring (bicyclic) bond motifs is 1. The van der Waals surface area contributed by atoms with Crippen LogP contribution in [0.2, 0.25) is 5.02 Å². The molecule has 0 fully saturated rings. The van der Waals surface area contributed by atoms with Gasteiger partial charge in [-0.1, -0.05) is 29.8 Å². The molecule has 4 rings (SSSR count). The van der Waals surface area contributed by atoms with Gasteiger partial charge in [-0.05, 0) is 29.8 Å². The lowest BCUT2D eigenvalue weighted by atomic mass is 10.2. The predicted octanol–water partition coefficient (Wildman–Crippen LogP) is 4.51. The molecule has 34 heavy (non-hydrogen) atoms. The number of benzene rings is 2. The van der Waals surface area contributed by atoms with E-state index in [4.69, 9.17) is 26.1 Å². The lowest BCUT2D eigenvalue weighted by Crippen LogP contribution is -2.45. The van der Waals surface area contributed by atoms with E-state index in [-0.39, 0.29) is 11.5 Å². The average molecular weight is 497 g/mol. The second-order valence-corrected chi connectivity index (χ2v) is 8.27. The van der Waals surface area contributed by atoms with Crippen molar-refractivity contribution in [1.29, 1.82) is 0 Å². The molecule has 0 bridgehead atoms. The molecular formula is C23H24ClF3N4O3. The average Bonchev–Trinajstić information content (AvgIpc) is 3.10. The summed E-state index contributed by atoms with van der Waals surface area (Å²) in [6.07, 6.45) is -3.58. The summed E-state index contributed by atoms with van der Waals surface area (Å²) in [5, 5.41) is 0.624. The number of hydrogen-bond acceptors (Lipinski definition) is 7. The molecule has 2 heterocycles. The SMILES string of the molecule is COCCN1C=C2C(=NC(Oc3cccc(OC(F)(F)F)c3)N2Cc2ccc(Cl)cc2)N(C)C1. The minimum atomic E-state index is -4.79. The lowest BCUT2D eigenvalue weighted by Gasteiger charge is -2.36. The van der Waals surface area contributed by atoms with Gasteiger partial charge in [0.05, 0.1) is 13.3 Å². The fourth-order valence-electron chi connectivity index (χ4n) is 3.72. The summed E-state index contributed by atoms with van der Waals surface area (Å²) in [5.74, 6) is 0.574. The van der Waals surface area contributed by atoms with Gasteiger partial charge in [-0.15, -0.1) is 13.2 Å².